The summed E-state index contributed by atoms with van der Waals surface area (Å²) < 4.78 is 16.7. The molecule has 0 saturated carbocycles. The Morgan fingerprint density at radius 2 is 1.87 bits per heavy atom. The van der Waals surface area contributed by atoms with Crippen LogP contribution in [0.3, 0.4) is 0 Å². The van der Waals surface area contributed by atoms with Crippen LogP contribution < -0.4 is 14.8 Å². The van der Waals surface area contributed by atoms with Gasteiger partial charge < -0.3 is 19.5 Å². The second kappa shape index (κ2) is 11.7. The van der Waals surface area contributed by atoms with Crippen LogP contribution in [-0.2, 0) is 4.74 Å². The van der Waals surface area contributed by atoms with Crippen LogP contribution in [0.1, 0.15) is 47.3 Å². The minimum absolute atomic E-state index is 0.113. The van der Waals surface area contributed by atoms with Gasteiger partial charge in [0, 0.05) is 25.2 Å². The highest BCUT2D eigenvalue weighted by Gasteiger charge is 2.21. The van der Waals surface area contributed by atoms with Gasteiger partial charge in [0.2, 0.25) is 0 Å². The Morgan fingerprint density at radius 3 is 2.55 bits per heavy atom. The quantitative estimate of drug-likeness (QED) is 0.582. The van der Waals surface area contributed by atoms with Crippen LogP contribution >= 0.6 is 0 Å². The standard InChI is InChI=1S/C25H34N2O4/c1-4-5-14-31-23-11-10-21(17-24(23)29-3)25(28)26-22(18-27-12-15-30-16-13-27)20-8-6-19(2)7-9-20/h6-11,17,22H,4-5,12-16,18H2,1-3H3,(H,26,28)/t22-/m0/s1. The minimum Gasteiger partial charge on any atom is -0.493 e. The Balaban J connectivity index is 1.74. The normalized spacial score (nSPS) is 15.3. The molecule has 1 N–H and O–H groups in total. The largest absolute Gasteiger partial charge is 0.493 e. The Kier molecular flexibility index (Phi) is 8.74. The second-order valence-electron chi connectivity index (χ2n) is 7.92. The molecule has 1 aliphatic heterocycles. The van der Waals surface area contributed by atoms with E-state index in [-0.39, 0.29) is 11.9 Å². The van der Waals surface area contributed by atoms with Crippen LogP contribution in [0.2, 0.25) is 0 Å². The molecular formula is C25H34N2O4. The molecule has 1 fully saturated rings. The molecule has 2 aromatic rings. The van der Waals surface area contributed by atoms with Crippen molar-refractivity contribution in [3.63, 3.8) is 0 Å². The first-order chi connectivity index (χ1) is 15.1. The molecule has 0 unspecified atom stereocenters. The molecule has 1 atom stereocenters. The highest BCUT2D eigenvalue weighted by Crippen LogP contribution is 2.28. The zero-order valence-corrected chi connectivity index (χ0v) is 18.9. The number of aryl methyl sites for hydroxylation is 1. The Morgan fingerprint density at radius 1 is 1.13 bits per heavy atom. The lowest BCUT2D eigenvalue weighted by molar-refractivity contribution is 0.0332. The van der Waals surface area contributed by atoms with Gasteiger partial charge >= 0.3 is 0 Å². The molecule has 0 spiro atoms. The number of hydrogen-bond donors (Lipinski definition) is 1. The topological polar surface area (TPSA) is 60.0 Å². The van der Waals surface area contributed by atoms with Crippen molar-refractivity contribution in [2.24, 2.45) is 0 Å². The summed E-state index contributed by atoms with van der Waals surface area (Å²) in [5.41, 5.74) is 2.85. The third kappa shape index (κ3) is 6.71. The van der Waals surface area contributed by atoms with Crippen LogP contribution in [0.15, 0.2) is 42.5 Å². The smallest absolute Gasteiger partial charge is 0.251 e. The highest BCUT2D eigenvalue weighted by molar-refractivity contribution is 5.95. The Hall–Kier alpha value is -2.57. The van der Waals surface area contributed by atoms with E-state index in [4.69, 9.17) is 14.2 Å². The molecule has 6 heteroatoms. The lowest BCUT2D eigenvalue weighted by atomic mass is 10.0. The van der Waals surface area contributed by atoms with Gasteiger partial charge in [0.25, 0.3) is 5.91 Å². The molecule has 1 amide bonds. The van der Waals surface area contributed by atoms with Crippen molar-refractivity contribution in [3.05, 3.63) is 59.2 Å². The Labute approximate surface area is 185 Å². The highest BCUT2D eigenvalue weighted by atomic mass is 16.5. The van der Waals surface area contributed by atoms with Crippen LogP contribution in [0.25, 0.3) is 0 Å². The number of methoxy groups -OCH3 is 1. The van der Waals surface area contributed by atoms with Gasteiger partial charge in [0.15, 0.2) is 11.5 Å². The average molecular weight is 427 g/mol. The number of nitrogens with zero attached hydrogens (tertiary/aromatic N) is 1. The van der Waals surface area contributed by atoms with Crippen LogP contribution in [0.4, 0.5) is 0 Å². The minimum atomic E-state index is -0.128. The molecule has 0 bridgehead atoms. The molecule has 1 aliphatic rings. The summed E-state index contributed by atoms with van der Waals surface area (Å²) in [5, 5.41) is 3.22. The van der Waals surface area contributed by atoms with E-state index in [0.29, 0.717) is 23.7 Å². The number of hydrogen-bond acceptors (Lipinski definition) is 5. The number of carbonyl (C=O) groups is 1. The van der Waals surface area contributed by atoms with Gasteiger partial charge in [-0.15, -0.1) is 0 Å². The van der Waals surface area contributed by atoms with Crippen molar-refractivity contribution in [1.82, 2.24) is 10.2 Å². The van der Waals surface area contributed by atoms with Crippen molar-refractivity contribution < 1.29 is 19.0 Å². The summed E-state index contributed by atoms with van der Waals surface area (Å²) in [7, 11) is 1.59. The second-order valence-corrected chi connectivity index (χ2v) is 7.92. The first-order valence-corrected chi connectivity index (χ1v) is 11.1. The molecule has 1 heterocycles. The lowest BCUT2D eigenvalue weighted by Crippen LogP contribution is -2.43. The van der Waals surface area contributed by atoms with Gasteiger partial charge in [-0.05, 0) is 37.1 Å². The maximum absolute atomic E-state index is 13.1. The third-order valence-electron chi connectivity index (χ3n) is 5.51. The molecule has 0 aliphatic carbocycles. The monoisotopic (exact) mass is 426 g/mol. The van der Waals surface area contributed by atoms with E-state index in [1.165, 1.54) is 5.56 Å². The van der Waals surface area contributed by atoms with Gasteiger partial charge in [-0.1, -0.05) is 43.2 Å². The maximum Gasteiger partial charge on any atom is 0.251 e. The van der Waals surface area contributed by atoms with E-state index >= 15 is 0 Å². The zero-order chi connectivity index (χ0) is 22.1. The van der Waals surface area contributed by atoms with Gasteiger partial charge in [0.05, 0.1) is 33.0 Å². The molecule has 168 valence electrons. The van der Waals surface area contributed by atoms with Crippen molar-refractivity contribution in [3.8, 4) is 11.5 Å². The van der Waals surface area contributed by atoms with E-state index in [1.807, 2.05) is 6.07 Å². The zero-order valence-electron chi connectivity index (χ0n) is 18.9. The first kappa shape index (κ1) is 23.1. The van der Waals surface area contributed by atoms with Crippen molar-refractivity contribution in [2.75, 3.05) is 46.6 Å². The van der Waals surface area contributed by atoms with Crippen molar-refractivity contribution in [2.45, 2.75) is 32.7 Å². The Bertz CT molecular complexity index is 832. The van der Waals surface area contributed by atoms with E-state index in [1.54, 1.807) is 19.2 Å². The van der Waals surface area contributed by atoms with Crippen LogP contribution in [0, 0.1) is 6.92 Å². The number of ether oxygens (including phenoxy) is 3. The van der Waals surface area contributed by atoms with E-state index < -0.39 is 0 Å². The molecule has 31 heavy (non-hydrogen) atoms. The predicted molar refractivity (Wildman–Crippen MR) is 122 cm³/mol. The predicted octanol–water partition coefficient (Wildman–Crippen LogP) is 3.99. The summed E-state index contributed by atoms with van der Waals surface area (Å²) in [5.74, 6) is 1.11. The van der Waals surface area contributed by atoms with E-state index in [9.17, 15) is 4.79 Å². The van der Waals surface area contributed by atoms with Crippen LogP contribution in [0.5, 0.6) is 11.5 Å². The molecule has 1 saturated heterocycles. The average Bonchev–Trinajstić information content (AvgIpc) is 2.80. The molecule has 2 aromatic carbocycles. The molecule has 0 radical (unpaired) electrons. The van der Waals surface area contributed by atoms with Crippen molar-refractivity contribution >= 4 is 5.91 Å². The maximum atomic E-state index is 13.1. The fraction of sp³-hybridized carbons (Fsp3) is 0.480. The number of benzene rings is 2. The van der Waals surface area contributed by atoms with E-state index in [0.717, 1.165) is 51.3 Å². The van der Waals surface area contributed by atoms with Gasteiger partial charge in [-0.2, -0.15) is 0 Å². The van der Waals surface area contributed by atoms with Gasteiger partial charge in [-0.3, -0.25) is 9.69 Å². The van der Waals surface area contributed by atoms with Crippen molar-refractivity contribution in [1.29, 1.82) is 0 Å². The summed E-state index contributed by atoms with van der Waals surface area (Å²) in [6, 6.07) is 13.6. The number of rotatable bonds is 10. The number of morpholine rings is 1. The number of carbonyl (C=O) groups excluding carboxylic acids is 1. The summed E-state index contributed by atoms with van der Waals surface area (Å²) in [4.78, 5) is 15.5. The number of nitrogens with one attached hydrogen (secondary N) is 1. The summed E-state index contributed by atoms with van der Waals surface area (Å²) >= 11 is 0. The molecule has 6 nitrogen and oxygen atoms in total. The van der Waals surface area contributed by atoms with Gasteiger partial charge in [-0.25, -0.2) is 0 Å². The molecular weight excluding hydrogens is 392 g/mol. The molecule has 0 aromatic heterocycles. The third-order valence-corrected chi connectivity index (χ3v) is 5.51. The van der Waals surface area contributed by atoms with E-state index in [2.05, 4.69) is 48.3 Å². The summed E-state index contributed by atoms with van der Waals surface area (Å²) in [6.45, 7) is 8.76. The SMILES string of the molecule is CCCCOc1ccc(C(=O)N[C@@H](CN2CCOCC2)c2ccc(C)cc2)cc1OC. The first-order valence-electron chi connectivity index (χ1n) is 11.1. The molecule has 3 rings (SSSR count). The lowest BCUT2D eigenvalue weighted by Gasteiger charge is -2.31. The number of amides is 1. The van der Waals surface area contributed by atoms with Gasteiger partial charge in [0.1, 0.15) is 0 Å². The fourth-order valence-corrected chi connectivity index (χ4v) is 3.57. The number of unbranched alkanes of at least 4 members (excludes halogenated alkanes) is 1. The van der Waals surface area contributed by atoms with Crippen LogP contribution in [-0.4, -0.2) is 57.4 Å². The summed E-state index contributed by atoms with van der Waals surface area (Å²) in [6.07, 6.45) is 2.04. The fourth-order valence-electron chi connectivity index (χ4n) is 3.57.